The van der Waals surface area contributed by atoms with Gasteiger partial charge in [0.05, 0.1) is 5.41 Å². The van der Waals surface area contributed by atoms with Crippen molar-refractivity contribution in [1.29, 1.82) is 0 Å². The van der Waals surface area contributed by atoms with Gasteiger partial charge < -0.3 is 5.11 Å². The summed E-state index contributed by atoms with van der Waals surface area (Å²) in [7, 11) is 0. The van der Waals surface area contributed by atoms with Gasteiger partial charge in [-0.1, -0.05) is 54.6 Å². The van der Waals surface area contributed by atoms with Crippen molar-refractivity contribution in [3.8, 4) is 11.1 Å². The van der Waals surface area contributed by atoms with Gasteiger partial charge in [0.15, 0.2) is 0 Å². The minimum atomic E-state index is -0.765. The highest BCUT2D eigenvalue weighted by atomic mass is 16.4. The van der Waals surface area contributed by atoms with Crippen LogP contribution >= 0.6 is 0 Å². The van der Waals surface area contributed by atoms with Crippen molar-refractivity contribution in [1.82, 2.24) is 9.97 Å². The van der Waals surface area contributed by atoms with Crippen LogP contribution in [-0.2, 0) is 4.79 Å². The lowest BCUT2D eigenvalue weighted by Gasteiger charge is -2.06. The van der Waals surface area contributed by atoms with Crippen LogP contribution in [0.25, 0.3) is 11.1 Å². The van der Waals surface area contributed by atoms with E-state index in [1.54, 1.807) is 12.4 Å². The Hall–Kier alpha value is -3.01. The van der Waals surface area contributed by atoms with Crippen molar-refractivity contribution in [2.45, 2.75) is 18.8 Å². The van der Waals surface area contributed by atoms with Gasteiger partial charge in [0.1, 0.15) is 6.33 Å². The third kappa shape index (κ3) is 2.50. The molecule has 2 aromatic carbocycles. The lowest BCUT2D eigenvalue weighted by Crippen LogP contribution is -2.14. The van der Waals surface area contributed by atoms with Crippen molar-refractivity contribution in [2.75, 3.05) is 0 Å². The Bertz CT molecular complexity index is 894. The van der Waals surface area contributed by atoms with Gasteiger partial charge in [0, 0.05) is 29.8 Å². The molecule has 0 unspecified atom stereocenters. The van der Waals surface area contributed by atoms with Crippen molar-refractivity contribution < 1.29 is 9.90 Å². The summed E-state index contributed by atoms with van der Waals surface area (Å²) in [6.07, 6.45) is 5.05. The molecule has 4 heteroatoms. The SMILES string of the molecule is C[C@@]1(C(=O)O)[C@@H](c2ccccc2)[C@@H]1c1ccc(-c2cncnc2)cc1. The summed E-state index contributed by atoms with van der Waals surface area (Å²) in [6.45, 7) is 1.84. The Morgan fingerprint density at radius 2 is 1.44 bits per heavy atom. The largest absolute Gasteiger partial charge is 0.481 e. The van der Waals surface area contributed by atoms with E-state index in [1.807, 2.05) is 61.5 Å². The zero-order chi connectivity index (χ0) is 17.4. The molecule has 4 nitrogen and oxygen atoms in total. The predicted molar refractivity (Wildman–Crippen MR) is 95.1 cm³/mol. The zero-order valence-electron chi connectivity index (χ0n) is 13.8. The number of rotatable bonds is 4. The Morgan fingerprint density at radius 1 is 0.880 bits per heavy atom. The number of aliphatic carboxylic acids is 1. The molecule has 124 valence electrons. The second-order valence-electron chi connectivity index (χ2n) is 6.70. The minimum Gasteiger partial charge on any atom is -0.481 e. The molecule has 4 rings (SSSR count). The molecular weight excluding hydrogens is 312 g/mol. The molecule has 0 aliphatic heterocycles. The zero-order valence-corrected chi connectivity index (χ0v) is 13.8. The van der Waals surface area contributed by atoms with Gasteiger partial charge in [-0.3, -0.25) is 4.79 Å². The Labute approximate surface area is 146 Å². The smallest absolute Gasteiger partial charge is 0.310 e. The van der Waals surface area contributed by atoms with Gasteiger partial charge in [-0.2, -0.15) is 0 Å². The van der Waals surface area contributed by atoms with Crippen LogP contribution in [0.15, 0.2) is 73.3 Å². The molecule has 0 saturated heterocycles. The summed E-state index contributed by atoms with van der Waals surface area (Å²) in [5.41, 5.74) is 3.35. The van der Waals surface area contributed by atoms with E-state index in [0.29, 0.717) is 0 Å². The van der Waals surface area contributed by atoms with Gasteiger partial charge in [-0.05, 0) is 23.6 Å². The number of nitrogens with zero attached hydrogens (tertiary/aromatic N) is 2. The van der Waals surface area contributed by atoms with E-state index in [4.69, 9.17) is 0 Å². The van der Waals surface area contributed by atoms with E-state index in [9.17, 15) is 9.90 Å². The minimum absolute atomic E-state index is 0.00268. The fraction of sp³-hybridized carbons (Fsp3) is 0.190. The molecule has 1 aliphatic rings. The summed E-state index contributed by atoms with van der Waals surface area (Å²) in [4.78, 5) is 20.0. The number of aromatic nitrogens is 2. The summed E-state index contributed by atoms with van der Waals surface area (Å²) in [5, 5.41) is 9.79. The molecule has 1 aliphatic carbocycles. The van der Waals surface area contributed by atoms with Gasteiger partial charge in [-0.15, -0.1) is 0 Å². The normalized spacial score (nSPS) is 24.7. The first-order valence-electron chi connectivity index (χ1n) is 8.26. The van der Waals surface area contributed by atoms with E-state index < -0.39 is 11.4 Å². The molecule has 1 fully saturated rings. The van der Waals surface area contributed by atoms with Crippen LogP contribution in [0.2, 0.25) is 0 Å². The number of carboxylic acids is 1. The third-order valence-electron chi connectivity index (χ3n) is 5.30. The topological polar surface area (TPSA) is 63.1 Å². The van der Waals surface area contributed by atoms with Crippen molar-refractivity contribution in [2.24, 2.45) is 5.41 Å². The van der Waals surface area contributed by atoms with Gasteiger partial charge >= 0.3 is 5.97 Å². The fourth-order valence-corrected chi connectivity index (χ4v) is 3.85. The number of hydrogen-bond donors (Lipinski definition) is 1. The van der Waals surface area contributed by atoms with E-state index in [-0.39, 0.29) is 11.8 Å². The van der Waals surface area contributed by atoms with Crippen LogP contribution in [0.5, 0.6) is 0 Å². The second-order valence-corrected chi connectivity index (χ2v) is 6.70. The molecule has 25 heavy (non-hydrogen) atoms. The first-order chi connectivity index (χ1) is 12.1. The van der Waals surface area contributed by atoms with Crippen LogP contribution in [0, 0.1) is 5.41 Å². The summed E-state index contributed by atoms with van der Waals surface area (Å²) in [5.74, 6) is -0.766. The molecule has 1 heterocycles. The molecule has 1 N–H and O–H groups in total. The first kappa shape index (κ1) is 15.5. The van der Waals surface area contributed by atoms with Crippen molar-refractivity contribution in [3.05, 3.63) is 84.4 Å². The molecule has 3 aromatic rings. The van der Waals surface area contributed by atoms with Gasteiger partial charge in [0.2, 0.25) is 0 Å². The monoisotopic (exact) mass is 330 g/mol. The molecular formula is C21H18N2O2. The van der Waals surface area contributed by atoms with Crippen LogP contribution in [0.3, 0.4) is 0 Å². The maximum atomic E-state index is 11.9. The van der Waals surface area contributed by atoms with E-state index >= 15 is 0 Å². The summed E-state index contributed by atoms with van der Waals surface area (Å²) >= 11 is 0. The lowest BCUT2D eigenvalue weighted by molar-refractivity contribution is -0.143. The first-order valence-corrected chi connectivity index (χ1v) is 8.26. The van der Waals surface area contributed by atoms with E-state index in [1.165, 1.54) is 6.33 Å². The van der Waals surface area contributed by atoms with Crippen LogP contribution < -0.4 is 0 Å². The molecule has 1 aromatic heterocycles. The standard InChI is InChI=1S/C21H18N2O2/c1-21(20(24)25)18(15-5-3-2-4-6-15)19(21)16-9-7-14(8-10-16)17-11-22-13-23-12-17/h2-13,18-19H,1H3,(H,24,25)/t18-,19-,21+/m0/s1. The average molecular weight is 330 g/mol. The summed E-state index contributed by atoms with van der Waals surface area (Å²) < 4.78 is 0. The van der Waals surface area contributed by atoms with Crippen molar-refractivity contribution >= 4 is 5.97 Å². The molecule has 3 atom stereocenters. The Kier molecular flexibility index (Phi) is 3.61. The highest BCUT2D eigenvalue weighted by Crippen LogP contribution is 2.70. The number of benzene rings is 2. The van der Waals surface area contributed by atoms with Crippen LogP contribution in [0.4, 0.5) is 0 Å². The second kappa shape index (κ2) is 5.81. The van der Waals surface area contributed by atoms with Crippen LogP contribution in [-0.4, -0.2) is 21.0 Å². The highest BCUT2D eigenvalue weighted by molar-refractivity contribution is 5.83. The van der Waals surface area contributed by atoms with Gasteiger partial charge in [-0.25, -0.2) is 9.97 Å². The molecule has 0 spiro atoms. The fourth-order valence-electron chi connectivity index (χ4n) is 3.85. The van der Waals surface area contributed by atoms with E-state index in [2.05, 4.69) is 9.97 Å². The number of carboxylic acid groups (broad SMARTS) is 1. The molecule has 1 saturated carbocycles. The average Bonchev–Trinajstić information content (AvgIpc) is 3.31. The maximum Gasteiger partial charge on any atom is 0.310 e. The predicted octanol–water partition coefficient (Wildman–Crippen LogP) is 4.12. The van der Waals surface area contributed by atoms with E-state index in [0.717, 1.165) is 22.3 Å². The van der Waals surface area contributed by atoms with Crippen LogP contribution in [0.1, 0.15) is 29.9 Å². The number of hydrogen-bond acceptors (Lipinski definition) is 3. The molecule has 0 amide bonds. The Balaban J connectivity index is 1.68. The quantitative estimate of drug-likeness (QED) is 0.782. The summed E-state index contributed by atoms with van der Waals surface area (Å²) in [6, 6.07) is 18.0. The van der Waals surface area contributed by atoms with Gasteiger partial charge in [0.25, 0.3) is 0 Å². The molecule has 0 radical (unpaired) electrons. The third-order valence-corrected chi connectivity index (χ3v) is 5.30. The maximum absolute atomic E-state index is 11.9. The lowest BCUT2D eigenvalue weighted by atomic mass is 9.99. The highest BCUT2D eigenvalue weighted by Gasteiger charge is 2.67. The van der Waals surface area contributed by atoms with Crippen molar-refractivity contribution in [3.63, 3.8) is 0 Å². The Morgan fingerprint density at radius 3 is 2.00 bits per heavy atom. The number of carbonyl (C=O) groups is 1. The molecule has 0 bridgehead atoms.